The molecule has 0 spiro atoms. The Balaban J connectivity index is 1.81. The van der Waals surface area contributed by atoms with Crippen LogP contribution in [-0.2, 0) is 11.3 Å². The summed E-state index contributed by atoms with van der Waals surface area (Å²) in [5.41, 5.74) is 2.78. The SMILES string of the molecule is CN(Cc1ccc(F)cc1)c1ccc2c(c1)NC(=O)C2=O. The Hall–Kier alpha value is -2.69. The van der Waals surface area contributed by atoms with Gasteiger partial charge in [0.15, 0.2) is 0 Å². The molecule has 0 saturated carbocycles. The van der Waals surface area contributed by atoms with Gasteiger partial charge in [-0.15, -0.1) is 0 Å². The lowest BCUT2D eigenvalue weighted by atomic mass is 10.1. The Kier molecular flexibility index (Phi) is 3.17. The molecule has 3 rings (SSSR count). The first kappa shape index (κ1) is 13.3. The number of benzene rings is 2. The maximum absolute atomic E-state index is 12.9. The molecule has 0 radical (unpaired) electrons. The molecular weight excluding hydrogens is 271 g/mol. The zero-order valence-corrected chi connectivity index (χ0v) is 11.4. The van der Waals surface area contributed by atoms with Crippen LogP contribution in [0, 0.1) is 5.82 Å². The summed E-state index contributed by atoms with van der Waals surface area (Å²) in [6, 6.07) is 11.5. The third-order valence-corrected chi connectivity index (χ3v) is 3.48. The minimum atomic E-state index is -0.594. The first-order valence-corrected chi connectivity index (χ1v) is 6.50. The summed E-state index contributed by atoms with van der Waals surface area (Å²) in [4.78, 5) is 24.8. The predicted molar refractivity (Wildman–Crippen MR) is 77.9 cm³/mol. The van der Waals surface area contributed by atoms with Crippen molar-refractivity contribution in [2.45, 2.75) is 6.54 Å². The number of nitrogens with one attached hydrogen (secondary N) is 1. The number of carbonyl (C=O) groups is 2. The van der Waals surface area contributed by atoms with Crippen LogP contribution >= 0.6 is 0 Å². The Bertz CT molecular complexity index is 726. The third-order valence-electron chi connectivity index (χ3n) is 3.48. The molecule has 0 aromatic heterocycles. The van der Waals surface area contributed by atoms with Crippen molar-refractivity contribution in [1.82, 2.24) is 0 Å². The number of fused-ring (bicyclic) bond motifs is 1. The number of carbonyl (C=O) groups excluding carboxylic acids is 2. The second-order valence-electron chi connectivity index (χ2n) is 5.00. The molecule has 5 heteroatoms. The lowest BCUT2D eigenvalue weighted by Gasteiger charge is -2.20. The van der Waals surface area contributed by atoms with Crippen molar-refractivity contribution in [1.29, 1.82) is 0 Å². The minimum Gasteiger partial charge on any atom is -0.370 e. The average molecular weight is 284 g/mol. The standard InChI is InChI=1S/C16H13FN2O2/c1-19(9-10-2-4-11(17)5-3-10)12-6-7-13-14(8-12)18-16(21)15(13)20/h2-8H,9H2,1H3,(H,18,20,21). The molecule has 0 bridgehead atoms. The molecule has 0 atom stereocenters. The number of nitrogens with zero attached hydrogens (tertiary/aromatic N) is 1. The highest BCUT2D eigenvalue weighted by Gasteiger charge is 2.28. The topological polar surface area (TPSA) is 49.4 Å². The summed E-state index contributed by atoms with van der Waals surface area (Å²) < 4.78 is 12.9. The van der Waals surface area contributed by atoms with Gasteiger partial charge in [0.2, 0.25) is 0 Å². The normalized spacial score (nSPS) is 13.0. The molecule has 106 valence electrons. The van der Waals surface area contributed by atoms with Gasteiger partial charge >= 0.3 is 0 Å². The third kappa shape index (κ3) is 2.50. The van der Waals surface area contributed by atoms with E-state index in [2.05, 4.69) is 5.32 Å². The van der Waals surface area contributed by atoms with Crippen LogP contribution in [0.15, 0.2) is 42.5 Å². The van der Waals surface area contributed by atoms with Crippen LogP contribution in [0.3, 0.4) is 0 Å². The fourth-order valence-electron chi connectivity index (χ4n) is 2.33. The molecule has 4 nitrogen and oxygen atoms in total. The predicted octanol–water partition coefficient (Wildman–Crippen LogP) is 2.60. The van der Waals surface area contributed by atoms with Gasteiger partial charge in [-0.1, -0.05) is 12.1 Å². The van der Waals surface area contributed by atoms with E-state index in [-0.39, 0.29) is 5.82 Å². The van der Waals surface area contributed by atoms with Gasteiger partial charge < -0.3 is 10.2 Å². The highest BCUT2D eigenvalue weighted by Crippen LogP contribution is 2.28. The summed E-state index contributed by atoms with van der Waals surface area (Å²) in [5.74, 6) is -1.36. The van der Waals surface area contributed by atoms with Crippen molar-refractivity contribution >= 4 is 23.1 Å². The highest BCUT2D eigenvalue weighted by atomic mass is 19.1. The van der Waals surface area contributed by atoms with Crippen LogP contribution in [0.25, 0.3) is 0 Å². The quantitative estimate of drug-likeness (QED) is 0.881. The van der Waals surface area contributed by atoms with E-state index in [0.29, 0.717) is 17.8 Å². The van der Waals surface area contributed by atoms with Crippen LogP contribution < -0.4 is 10.2 Å². The zero-order chi connectivity index (χ0) is 15.0. The van der Waals surface area contributed by atoms with Crippen molar-refractivity contribution in [3.8, 4) is 0 Å². The minimum absolute atomic E-state index is 0.264. The summed E-state index contributed by atoms with van der Waals surface area (Å²) in [7, 11) is 1.89. The van der Waals surface area contributed by atoms with Gasteiger partial charge in [-0.05, 0) is 35.9 Å². The molecule has 0 saturated heterocycles. The van der Waals surface area contributed by atoms with E-state index in [0.717, 1.165) is 11.3 Å². The average Bonchev–Trinajstić information content (AvgIpc) is 2.76. The van der Waals surface area contributed by atoms with E-state index in [1.165, 1.54) is 12.1 Å². The molecule has 1 N–H and O–H groups in total. The fraction of sp³-hybridized carbons (Fsp3) is 0.125. The number of amides is 1. The van der Waals surface area contributed by atoms with E-state index in [4.69, 9.17) is 0 Å². The second-order valence-corrected chi connectivity index (χ2v) is 5.00. The number of halogens is 1. The van der Waals surface area contributed by atoms with Gasteiger partial charge in [0.25, 0.3) is 11.7 Å². The van der Waals surface area contributed by atoms with Crippen molar-refractivity contribution < 1.29 is 14.0 Å². The molecule has 0 unspecified atom stereocenters. The summed E-state index contributed by atoms with van der Waals surface area (Å²) in [6.45, 7) is 0.598. The maximum Gasteiger partial charge on any atom is 0.296 e. The summed E-state index contributed by atoms with van der Waals surface area (Å²) >= 11 is 0. The smallest absolute Gasteiger partial charge is 0.296 e. The highest BCUT2D eigenvalue weighted by molar-refractivity contribution is 6.51. The molecule has 1 aliphatic heterocycles. The van der Waals surface area contributed by atoms with Crippen molar-refractivity contribution in [2.75, 3.05) is 17.3 Å². The van der Waals surface area contributed by atoms with Gasteiger partial charge in [0.05, 0.1) is 11.3 Å². The van der Waals surface area contributed by atoms with E-state index in [1.54, 1.807) is 30.3 Å². The number of ketones is 1. The first-order chi connectivity index (χ1) is 10.0. The Morgan fingerprint density at radius 2 is 1.81 bits per heavy atom. The first-order valence-electron chi connectivity index (χ1n) is 6.50. The van der Waals surface area contributed by atoms with Crippen LogP contribution in [-0.4, -0.2) is 18.7 Å². The largest absolute Gasteiger partial charge is 0.370 e. The van der Waals surface area contributed by atoms with Crippen molar-refractivity contribution in [2.24, 2.45) is 0 Å². The van der Waals surface area contributed by atoms with Gasteiger partial charge in [-0.25, -0.2) is 4.39 Å². The monoisotopic (exact) mass is 284 g/mol. The summed E-state index contributed by atoms with van der Waals surface area (Å²) in [6.07, 6.45) is 0. The zero-order valence-electron chi connectivity index (χ0n) is 11.4. The fourth-order valence-corrected chi connectivity index (χ4v) is 2.33. The van der Waals surface area contributed by atoms with Crippen LogP contribution in [0.5, 0.6) is 0 Å². The van der Waals surface area contributed by atoms with E-state index >= 15 is 0 Å². The van der Waals surface area contributed by atoms with Gasteiger partial charge in [0.1, 0.15) is 5.82 Å². The Morgan fingerprint density at radius 1 is 1.10 bits per heavy atom. The van der Waals surface area contributed by atoms with Gasteiger partial charge in [0, 0.05) is 19.3 Å². The summed E-state index contributed by atoms with van der Waals surface area (Å²) in [5, 5.41) is 2.55. The van der Waals surface area contributed by atoms with Gasteiger partial charge in [-0.2, -0.15) is 0 Å². The molecule has 1 aliphatic rings. The van der Waals surface area contributed by atoms with Crippen LogP contribution in [0.4, 0.5) is 15.8 Å². The lowest BCUT2D eigenvalue weighted by Crippen LogP contribution is -2.16. The van der Waals surface area contributed by atoms with Crippen molar-refractivity contribution in [3.05, 3.63) is 59.4 Å². The molecule has 2 aromatic carbocycles. The Labute approximate surface area is 121 Å². The Morgan fingerprint density at radius 3 is 2.52 bits per heavy atom. The maximum atomic E-state index is 12.9. The van der Waals surface area contributed by atoms with Crippen LogP contribution in [0.2, 0.25) is 0 Å². The molecule has 2 aromatic rings. The molecule has 1 heterocycles. The molecule has 21 heavy (non-hydrogen) atoms. The number of rotatable bonds is 3. The van der Waals surface area contributed by atoms with Gasteiger partial charge in [-0.3, -0.25) is 9.59 Å². The molecular formula is C16H13FN2O2. The van der Waals surface area contributed by atoms with Crippen molar-refractivity contribution in [3.63, 3.8) is 0 Å². The lowest BCUT2D eigenvalue weighted by molar-refractivity contribution is -0.112. The molecule has 1 amide bonds. The number of Topliss-reactive ketones (excluding diaryl/α,β-unsaturated/α-hetero) is 1. The van der Waals surface area contributed by atoms with E-state index < -0.39 is 11.7 Å². The molecule has 0 aliphatic carbocycles. The molecule has 0 fully saturated rings. The second kappa shape index (κ2) is 5.01. The number of hydrogen-bond acceptors (Lipinski definition) is 3. The van der Waals surface area contributed by atoms with E-state index in [9.17, 15) is 14.0 Å². The number of hydrogen-bond donors (Lipinski definition) is 1. The van der Waals surface area contributed by atoms with E-state index in [1.807, 2.05) is 11.9 Å². The van der Waals surface area contributed by atoms with Crippen LogP contribution in [0.1, 0.15) is 15.9 Å². The number of anilines is 2.